The lowest BCUT2D eigenvalue weighted by atomic mass is 10.1. The van der Waals surface area contributed by atoms with Gasteiger partial charge in [-0.05, 0) is 47.7 Å². The Hall–Kier alpha value is -1.93. The number of benzene rings is 2. The Bertz CT molecular complexity index is 744. The lowest BCUT2D eigenvalue weighted by Gasteiger charge is -2.09. The van der Waals surface area contributed by atoms with Gasteiger partial charge in [0, 0.05) is 29.0 Å². The highest BCUT2D eigenvalue weighted by Crippen LogP contribution is 2.22. The van der Waals surface area contributed by atoms with Crippen molar-refractivity contribution in [2.45, 2.75) is 13.5 Å². The van der Waals surface area contributed by atoms with E-state index < -0.39 is 0 Å². The maximum atomic E-state index is 6.01. The zero-order valence-electron chi connectivity index (χ0n) is 10.7. The van der Waals surface area contributed by atoms with E-state index in [0.717, 1.165) is 17.8 Å². The first-order valence-corrected chi connectivity index (χ1v) is 6.61. The van der Waals surface area contributed by atoms with Crippen molar-refractivity contribution < 1.29 is 0 Å². The van der Waals surface area contributed by atoms with Crippen molar-refractivity contribution in [3.05, 3.63) is 64.8 Å². The topological polar surface area (TPSA) is 30.9 Å². The molecule has 0 radical (unpaired) electrons. The molecule has 0 aliphatic carbocycles. The van der Waals surface area contributed by atoms with Gasteiger partial charge in [0.15, 0.2) is 0 Å². The molecule has 0 amide bonds. The van der Waals surface area contributed by atoms with Gasteiger partial charge in [-0.3, -0.25) is 0 Å². The molecule has 0 unspecified atom stereocenters. The second-order valence-electron chi connectivity index (χ2n) is 4.85. The fourth-order valence-electron chi connectivity index (χ4n) is 2.33. The Kier molecular flexibility index (Phi) is 2.96. The average Bonchev–Trinajstić information content (AvgIpc) is 2.75. The molecule has 1 aromatic heterocycles. The van der Waals surface area contributed by atoms with E-state index in [1.165, 1.54) is 16.5 Å². The number of hydrogen-bond acceptors (Lipinski definition) is 1. The van der Waals surface area contributed by atoms with Crippen LogP contribution in [-0.4, -0.2) is 4.57 Å². The molecule has 3 aromatic rings. The predicted molar refractivity (Wildman–Crippen MR) is 81.6 cm³/mol. The molecular formula is C16H15ClN2. The molecule has 2 nitrogen and oxygen atoms in total. The molecule has 0 aliphatic heterocycles. The lowest BCUT2D eigenvalue weighted by Crippen LogP contribution is -2.01. The summed E-state index contributed by atoms with van der Waals surface area (Å²) in [4.78, 5) is 0. The fourth-order valence-corrected chi connectivity index (χ4v) is 2.51. The third-order valence-electron chi connectivity index (χ3n) is 3.38. The first-order valence-electron chi connectivity index (χ1n) is 6.23. The number of halogens is 1. The van der Waals surface area contributed by atoms with Crippen LogP contribution in [0.3, 0.4) is 0 Å². The summed E-state index contributed by atoms with van der Waals surface area (Å²) in [6, 6.07) is 14.3. The number of nitrogens with two attached hydrogens (primary N) is 1. The number of anilines is 1. The summed E-state index contributed by atoms with van der Waals surface area (Å²) in [6.07, 6.45) is 2.10. The van der Waals surface area contributed by atoms with Gasteiger partial charge in [0.05, 0.1) is 0 Å². The number of nitrogens with zero attached hydrogens (tertiary/aromatic N) is 1. The first-order chi connectivity index (χ1) is 9.13. The standard InChI is InChI=1S/C16H15ClN2/c1-11-2-3-12-6-7-19(16(12)8-11)10-13-4-5-14(17)9-15(13)18/h2-9H,10,18H2,1H3. The molecule has 1 heterocycles. The van der Waals surface area contributed by atoms with E-state index in [0.29, 0.717) is 5.02 Å². The van der Waals surface area contributed by atoms with Crippen LogP contribution in [0.1, 0.15) is 11.1 Å². The highest BCUT2D eigenvalue weighted by molar-refractivity contribution is 6.30. The molecule has 0 atom stereocenters. The summed E-state index contributed by atoms with van der Waals surface area (Å²) in [6.45, 7) is 2.86. The highest BCUT2D eigenvalue weighted by atomic mass is 35.5. The van der Waals surface area contributed by atoms with Crippen LogP contribution in [0.25, 0.3) is 10.9 Å². The van der Waals surface area contributed by atoms with Gasteiger partial charge >= 0.3 is 0 Å². The molecule has 19 heavy (non-hydrogen) atoms. The van der Waals surface area contributed by atoms with Gasteiger partial charge in [0.2, 0.25) is 0 Å². The van der Waals surface area contributed by atoms with Crippen LogP contribution in [-0.2, 0) is 6.54 Å². The van der Waals surface area contributed by atoms with Gasteiger partial charge in [-0.2, -0.15) is 0 Å². The number of rotatable bonds is 2. The molecule has 0 saturated heterocycles. The van der Waals surface area contributed by atoms with E-state index in [2.05, 4.69) is 42.0 Å². The number of aromatic nitrogens is 1. The van der Waals surface area contributed by atoms with Gasteiger partial charge in [0.25, 0.3) is 0 Å². The smallest absolute Gasteiger partial charge is 0.0496 e. The summed E-state index contributed by atoms with van der Waals surface area (Å²) in [5.41, 5.74) is 10.3. The van der Waals surface area contributed by atoms with Crippen LogP contribution in [0.5, 0.6) is 0 Å². The molecule has 0 saturated carbocycles. The van der Waals surface area contributed by atoms with Crippen molar-refractivity contribution in [3.8, 4) is 0 Å². The second-order valence-corrected chi connectivity index (χ2v) is 5.29. The average molecular weight is 271 g/mol. The first kappa shape index (κ1) is 12.1. The predicted octanol–water partition coefficient (Wildman–Crippen LogP) is 4.23. The molecule has 3 heteroatoms. The summed E-state index contributed by atoms with van der Waals surface area (Å²) in [7, 11) is 0. The number of fused-ring (bicyclic) bond motifs is 1. The van der Waals surface area contributed by atoms with Crippen molar-refractivity contribution >= 4 is 28.2 Å². The summed E-state index contributed by atoms with van der Waals surface area (Å²) in [5, 5.41) is 1.92. The van der Waals surface area contributed by atoms with Crippen molar-refractivity contribution in [2.75, 3.05) is 5.73 Å². The number of hydrogen-bond donors (Lipinski definition) is 1. The molecule has 0 bridgehead atoms. The van der Waals surface area contributed by atoms with E-state index in [1.54, 1.807) is 6.07 Å². The number of aryl methyl sites for hydroxylation is 1. The van der Waals surface area contributed by atoms with Gasteiger partial charge < -0.3 is 10.3 Å². The maximum Gasteiger partial charge on any atom is 0.0496 e. The molecule has 96 valence electrons. The molecule has 3 rings (SSSR count). The summed E-state index contributed by atoms with van der Waals surface area (Å²) < 4.78 is 2.21. The largest absolute Gasteiger partial charge is 0.398 e. The van der Waals surface area contributed by atoms with Crippen LogP contribution in [0.2, 0.25) is 5.02 Å². The monoisotopic (exact) mass is 270 g/mol. The van der Waals surface area contributed by atoms with Crippen LogP contribution >= 0.6 is 11.6 Å². The Balaban J connectivity index is 2.03. The molecule has 0 aliphatic rings. The third kappa shape index (κ3) is 2.32. The fraction of sp³-hybridized carbons (Fsp3) is 0.125. The van der Waals surface area contributed by atoms with Crippen molar-refractivity contribution in [2.24, 2.45) is 0 Å². The van der Waals surface area contributed by atoms with Crippen molar-refractivity contribution in [3.63, 3.8) is 0 Å². The number of nitrogen functional groups attached to an aromatic ring is 1. The molecular weight excluding hydrogens is 256 g/mol. The van der Waals surface area contributed by atoms with Crippen LogP contribution in [0.15, 0.2) is 48.7 Å². The van der Waals surface area contributed by atoms with E-state index in [-0.39, 0.29) is 0 Å². The Morgan fingerprint density at radius 1 is 1.11 bits per heavy atom. The SMILES string of the molecule is Cc1ccc2ccn(Cc3ccc(Cl)cc3N)c2c1. The second kappa shape index (κ2) is 4.63. The molecule has 2 aromatic carbocycles. The quantitative estimate of drug-likeness (QED) is 0.694. The minimum Gasteiger partial charge on any atom is -0.398 e. The van der Waals surface area contributed by atoms with Gasteiger partial charge in [-0.25, -0.2) is 0 Å². The third-order valence-corrected chi connectivity index (χ3v) is 3.61. The lowest BCUT2D eigenvalue weighted by molar-refractivity contribution is 0.839. The van der Waals surface area contributed by atoms with Crippen molar-refractivity contribution in [1.82, 2.24) is 4.57 Å². The molecule has 2 N–H and O–H groups in total. The van der Waals surface area contributed by atoms with E-state index >= 15 is 0 Å². The zero-order valence-corrected chi connectivity index (χ0v) is 11.5. The van der Waals surface area contributed by atoms with E-state index in [4.69, 9.17) is 17.3 Å². The van der Waals surface area contributed by atoms with E-state index in [1.807, 2.05) is 12.1 Å². The van der Waals surface area contributed by atoms with E-state index in [9.17, 15) is 0 Å². The summed E-state index contributed by atoms with van der Waals surface area (Å²) in [5.74, 6) is 0. The highest BCUT2D eigenvalue weighted by Gasteiger charge is 2.05. The van der Waals surface area contributed by atoms with Gasteiger partial charge in [0.1, 0.15) is 0 Å². The maximum absolute atomic E-state index is 6.01. The minimum atomic E-state index is 0.675. The molecule has 0 spiro atoms. The minimum absolute atomic E-state index is 0.675. The summed E-state index contributed by atoms with van der Waals surface area (Å²) >= 11 is 5.93. The van der Waals surface area contributed by atoms with Crippen LogP contribution in [0, 0.1) is 6.92 Å². The Labute approximate surface area is 117 Å². The molecule has 0 fully saturated rings. The Morgan fingerprint density at radius 3 is 2.74 bits per heavy atom. The normalized spacial score (nSPS) is 11.1. The van der Waals surface area contributed by atoms with Gasteiger partial charge in [-0.15, -0.1) is 0 Å². The van der Waals surface area contributed by atoms with Gasteiger partial charge in [-0.1, -0.05) is 29.8 Å². The Morgan fingerprint density at radius 2 is 1.95 bits per heavy atom. The van der Waals surface area contributed by atoms with Crippen LogP contribution in [0.4, 0.5) is 5.69 Å². The van der Waals surface area contributed by atoms with Crippen LogP contribution < -0.4 is 5.73 Å². The zero-order chi connectivity index (χ0) is 13.4. The van der Waals surface area contributed by atoms with Crippen molar-refractivity contribution in [1.29, 1.82) is 0 Å².